The summed E-state index contributed by atoms with van der Waals surface area (Å²) < 4.78 is 41.9. The maximum absolute atomic E-state index is 12.6. The Labute approximate surface area is 114 Å². The van der Waals surface area contributed by atoms with Crippen molar-refractivity contribution in [1.29, 1.82) is 0 Å². The number of esters is 1. The number of rotatable bonds is 3. The van der Waals surface area contributed by atoms with Gasteiger partial charge in [-0.25, -0.2) is 4.79 Å². The van der Waals surface area contributed by atoms with E-state index in [0.717, 1.165) is 6.07 Å². The van der Waals surface area contributed by atoms with Crippen molar-refractivity contribution in [3.05, 3.63) is 27.7 Å². The third-order valence-electron chi connectivity index (χ3n) is 2.09. The van der Waals surface area contributed by atoms with Crippen LogP contribution in [0, 0.1) is 0 Å². The lowest BCUT2D eigenvalue weighted by atomic mass is 10.1. The van der Waals surface area contributed by atoms with Crippen molar-refractivity contribution in [1.82, 2.24) is 0 Å². The standard InChI is InChI=1S/C11H8BrF3O4/c1-2-19-10(18)8(16)5-3-6(11(13,14)15)9(17)7(12)4-5/h3-4,17H,2H2,1H3. The molecule has 0 spiro atoms. The molecule has 1 rings (SSSR count). The van der Waals surface area contributed by atoms with Crippen molar-refractivity contribution < 1.29 is 32.6 Å². The molecule has 0 atom stereocenters. The molecular formula is C11H8BrF3O4. The Morgan fingerprint density at radius 3 is 2.42 bits per heavy atom. The number of ketones is 1. The Kier molecular flexibility index (Phi) is 4.56. The average Bonchev–Trinajstić information content (AvgIpc) is 2.30. The predicted octanol–water partition coefficient (Wildman–Crippen LogP) is 2.92. The fourth-order valence-corrected chi connectivity index (χ4v) is 1.72. The molecule has 0 radical (unpaired) electrons. The van der Waals surface area contributed by atoms with E-state index in [4.69, 9.17) is 0 Å². The minimum atomic E-state index is -4.85. The molecule has 0 saturated carbocycles. The van der Waals surface area contributed by atoms with Crippen LogP contribution < -0.4 is 0 Å². The summed E-state index contributed by atoms with van der Waals surface area (Å²) in [4.78, 5) is 22.7. The minimum Gasteiger partial charge on any atom is -0.506 e. The van der Waals surface area contributed by atoms with Crippen LogP contribution in [0.3, 0.4) is 0 Å². The van der Waals surface area contributed by atoms with Crippen LogP contribution in [0.2, 0.25) is 0 Å². The smallest absolute Gasteiger partial charge is 0.420 e. The van der Waals surface area contributed by atoms with E-state index >= 15 is 0 Å². The summed E-state index contributed by atoms with van der Waals surface area (Å²) in [5, 5.41) is 9.29. The molecule has 4 nitrogen and oxygen atoms in total. The average molecular weight is 341 g/mol. The van der Waals surface area contributed by atoms with E-state index in [0.29, 0.717) is 6.07 Å². The van der Waals surface area contributed by atoms with Gasteiger partial charge < -0.3 is 9.84 Å². The van der Waals surface area contributed by atoms with E-state index in [2.05, 4.69) is 20.7 Å². The first-order valence-electron chi connectivity index (χ1n) is 4.99. The maximum Gasteiger partial charge on any atom is 0.420 e. The molecule has 0 aromatic heterocycles. The van der Waals surface area contributed by atoms with Gasteiger partial charge in [0.05, 0.1) is 16.6 Å². The zero-order valence-corrected chi connectivity index (χ0v) is 11.1. The molecule has 0 aliphatic heterocycles. The number of halogens is 4. The van der Waals surface area contributed by atoms with E-state index in [1.807, 2.05) is 0 Å². The molecule has 0 saturated heterocycles. The van der Waals surface area contributed by atoms with Gasteiger partial charge in [0.1, 0.15) is 5.75 Å². The third-order valence-corrected chi connectivity index (χ3v) is 2.70. The van der Waals surface area contributed by atoms with Gasteiger partial charge in [-0.2, -0.15) is 13.2 Å². The van der Waals surface area contributed by atoms with Gasteiger partial charge in [0.2, 0.25) is 0 Å². The van der Waals surface area contributed by atoms with Crippen molar-refractivity contribution in [2.75, 3.05) is 6.61 Å². The van der Waals surface area contributed by atoms with Gasteiger partial charge in [-0.3, -0.25) is 4.79 Å². The Balaban J connectivity index is 3.29. The second-order valence-electron chi connectivity index (χ2n) is 3.40. The molecular weight excluding hydrogens is 333 g/mol. The van der Waals surface area contributed by atoms with Crippen LogP contribution in [-0.4, -0.2) is 23.5 Å². The Hall–Kier alpha value is -1.57. The molecule has 0 aliphatic carbocycles. The lowest BCUT2D eigenvalue weighted by molar-refractivity contribution is -0.139. The molecule has 1 aromatic carbocycles. The summed E-state index contributed by atoms with van der Waals surface area (Å²) in [6, 6.07) is 1.32. The van der Waals surface area contributed by atoms with Crippen molar-refractivity contribution in [2.24, 2.45) is 0 Å². The SMILES string of the molecule is CCOC(=O)C(=O)c1cc(Br)c(O)c(C(F)(F)F)c1. The number of phenols is 1. The maximum atomic E-state index is 12.6. The summed E-state index contributed by atoms with van der Waals surface area (Å²) in [7, 11) is 0. The Morgan fingerprint density at radius 1 is 1.37 bits per heavy atom. The number of aromatic hydroxyl groups is 1. The normalized spacial score (nSPS) is 11.2. The van der Waals surface area contributed by atoms with Crippen molar-refractivity contribution >= 4 is 27.7 Å². The molecule has 0 amide bonds. The number of hydrogen-bond acceptors (Lipinski definition) is 4. The van der Waals surface area contributed by atoms with Crippen LogP contribution in [0.1, 0.15) is 22.8 Å². The van der Waals surface area contributed by atoms with Crippen molar-refractivity contribution in [3.8, 4) is 5.75 Å². The van der Waals surface area contributed by atoms with Crippen LogP contribution >= 0.6 is 15.9 Å². The van der Waals surface area contributed by atoms with Gasteiger partial charge in [-0.05, 0) is 35.0 Å². The van der Waals surface area contributed by atoms with Crippen LogP contribution in [0.25, 0.3) is 0 Å². The van der Waals surface area contributed by atoms with Crippen LogP contribution in [0.4, 0.5) is 13.2 Å². The predicted molar refractivity (Wildman–Crippen MR) is 61.8 cm³/mol. The molecule has 1 aromatic rings. The quantitative estimate of drug-likeness (QED) is 0.522. The molecule has 104 valence electrons. The fraction of sp³-hybridized carbons (Fsp3) is 0.273. The molecule has 19 heavy (non-hydrogen) atoms. The summed E-state index contributed by atoms with van der Waals surface area (Å²) in [6.07, 6.45) is -4.85. The van der Waals surface area contributed by atoms with Gasteiger partial charge >= 0.3 is 12.1 Å². The summed E-state index contributed by atoms with van der Waals surface area (Å²) in [5.41, 5.74) is -1.93. The molecule has 0 heterocycles. The number of benzene rings is 1. The number of hydrogen-bond donors (Lipinski definition) is 1. The van der Waals surface area contributed by atoms with E-state index in [-0.39, 0.29) is 11.1 Å². The monoisotopic (exact) mass is 340 g/mol. The Morgan fingerprint density at radius 2 is 1.95 bits per heavy atom. The van der Waals surface area contributed by atoms with E-state index in [9.17, 15) is 27.9 Å². The summed E-state index contributed by atoms with van der Waals surface area (Å²) >= 11 is 2.69. The minimum absolute atomic E-state index is 0.0735. The highest BCUT2D eigenvalue weighted by atomic mass is 79.9. The first kappa shape index (κ1) is 15.5. The fourth-order valence-electron chi connectivity index (χ4n) is 1.26. The molecule has 8 heteroatoms. The van der Waals surface area contributed by atoms with Crippen molar-refractivity contribution in [2.45, 2.75) is 13.1 Å². The van der Waals surface area contributed by atoms with Crippen LogP contribution in [0.5, 0.6) is 5.75 Å². The number of alkyl halides is 3. The highest BCUT2D eigenvalue weighted by Gasteiger charge is 2.36. The zero-order valence-electron chi connectivity index (χ0n) is 9.55. The Bertz CT molecular complexity index is 525. The van der Waals surface area contributed by atoms with Crippen LogP contribution in [0.15, 0.2) is 16.6 Å². The van der Waals surface area contributed by atoms with Gasteiger partial charge in [0.15, 0.2) is 0 Å². The highest BCUT2D eigenvalue weighted by molar-refractivity contribution is 9.10. The largest absolute Gasteiger partial charge is 0.506 e. The van der Waals surface area contributed by atoms with Gasteiger partial charge in [0.25, 0.3) is 5.78 Å². The third kappa shape index (κ3) is 3.46. The number of Topliss-reactive ketones (excluding diaryl/α,β-unsaturated/α-hetero) is 1. The number of ether oxygens (including phenoxy) is 1. The first-order valence-corrected chi connectivity index (χ1v) is 5.79. The molecule has 1 N–H and O–H groups in total. The first-order chi connectivity index (χ1) is 8.68. The number of carbonyl (C=O) groups is 2. The molecule has 0 aliphatic rings. The summed E-state index contributed by atoms with van der Waals surface area (Å²) in [5.74, 6) is -3.52. The van der Waals surface area contributed by atoms with Gasteiger partial charge in [0, 0.05) is 5.56 Å². The van der Waals surface area contributed by atoms with Crippen molar-refractivity contribution in [3.63, 3.8) is 0 Å². The van der Waals surface area contributed by atoms with E-state index < -0.39 is 34.8 Å². The molecule has 0 fully saturated rings. The van der Waals surface area contributed by atoms with Crippen LogP contribution in [-0.2, 0) is 15.7 Å². The van der Waals surface area contributed by atoms with E-state index in [1.54, 1.807) is 0 Å². The zero-order chi connectivity index (χ0) is 14.8. The second kappa shape index (κ2) is 5.60. The molecule has 0 unspecified atom stereocenters. The van der Waals surface area contributed by atoms with E-state index in [1.165, 1.54) is 6.92 Å². The lowest BCUT2D eigenvalue weighted by Gasteiger charge is -2.11. The van der Waals surface area contributed by atoms with Gasteiger partial charge in [-0.1, -0.05) is 0 Å². The topological polar surface area (TPSA) is 63.6 Å². The summed E-state index contributed by atoms with van der Waals surface area (Å²) in [6.45, 7) is 1.38. The second-order valence-corrected chi connectivity index (χ2v) is 4.26. The lowest BCUT2D eigenvalue weighted by Crippen LogP contribution is -2.18. The number of phenolic OH excluding ortho intramolecular Hbond substituents is 1. The highest BCUT2D eigenvalue weighted by Crippen LogP contribution is 2.40. The van der Waals surface area contributed by atoms with Gasteiger partial charge in [-0.15, -0.1) is 0 Å². The number of carbonyl (C=O) groups excluding carboxylic acids is 2. The molecule has 0 bridgehead atoms.